The van der Waals surface area contributed by atoms with Crippen LogP contribution < -0.4 is 10.2 Å². The molecule has 5 aliphatic heterocycles. The topological polar surface area (TPSA) is 131 Å². The zero-order valence-electron chi connectivity index (χ0n) is 22.8. The third-order valence-electron chi connectivity index (χ3n) is 9.93. The monoisotopic (exact) mass is 551 g/mol. The molecule has 6 rings (SSSR count). The van der Waals surface area contributed by atoms with E-state index in [0.717, 1.165) is 69.0 Å². The number of piperidine rings is 4. The molecule has 11 heteroatoms. The van der Waals surface area contributed by atoms with Crippen LogP contribution in [0.25, 0.3) is 0 Å². The van der Waals surface area contributed by atoms with Crippen LogP contribution >= 0.6 is 0 Å². The lowest BCUT2D eigenvalue weighted by molar-refractivity contribution is -0.136. The first-order chi connectivity index (χ1) is 19.2. The summed E-state index contributed by atoms with van der Waals surface area (Å²) in [5.41, 5.74) is 1.90. The van der Waals surface area contributed by atoms with E-state index in [9.17, 15) is 29.1 Å². The van der Waals surface area contributed by atoms with Crippen LogP contribution in [0.4, 0.5) is 10.5 Å². The minimum atomic E-state index is -0.952. The highest BCUT2D eigenvalue weighted by Gasteiger charge is 2.45. The second-order valence-corrected chi connectivity index (χ2v) is 12.2. The quantitative estimate of drug-likeness (QED) is 0.545. The van der Waals surface area contributed by atoms with Gasteiger partial charge in [0.25, 0.3) is 11.8 Å². The van der Waals surface area contributed by atoms with Gasteiger partial charge in [0.05, 0.1) is 11.1 Å². The maximum Gasteiger partial charge on any atom is 0.407 e. The largest absolute Gasteiger partial charge is 0.465 e. The fourth-order valence-electron chi connectivity index (χ4n) is 7.28. The summed E-state index contributed by atoms with van der Waals surface area (Å²) < 4.78 is 0. The van der Waals surface area contributed by atoms with Gasteiger partial charge < -0.3 is 19.8 Å². The standard InChI is InChI=1S/C29H37N5O6/c35-24-4-3-23(25(36)30-24)34-26(37)21-2-1-20(17-22(21)27(34)38)32-15-9-29(10-16-32)7-13-31(14-8-29)18-19-5-11-33(12-6-19)28(39)40/h1-2,17,19,23H,3-16,18H2,(H,39,40)(H,30,35,36). The van der Waals surface area contributed by atoms with E-state index in [2.05, 4.69) is 15.1 Å². The highest BCUT2D eigenvalue weighted by Crippen LogP contribution is 2.43. The van der Waals surface area contributed by atoms with E-state index in [1.54, 1.807) is 12.1 Å². The summed E-state index contributed by atoms with van der Waals surface area (Å²) >= 11 is 0. The second kappa shape index (κ2) is 10.5. The molecule has 1 unspecified atom stereocenters. The highest BCUT2D eigenvalue weighted by atomic mass is 16.4. The number of hydrogen-bond donors (Lipinski definition) is 2. The lowest BCUT2D eigenvalue weighted by Crippen LogP contribution is -2.54. The van der Waals surface area contributed by atoms with Crippen LogP contribution in [0.15, 0.2) is 18.2 Å². The Bertz CT molecular complexity index is 1220. The van der Waals surface area contributed by atoms with Crippen molar-refractivity contribution in [1.82, 2.24) is 20.0 Å². The maximum absolute atomic E-state index is 13.2. The zero-order valence-corrected chi connectivity index (χ0v) is 22.8. The third kappa shape index (κ3) is 4.95. The molecule has 0 aliphatic carbocycles. The van der Waals surface area contributed by atoms with E-state index < -0.39 is 29.9 Å². The number of fused-ring (bicyclic) bond motifs is 1. The van der Waals surface area contributed by atoms with E-state index in [-0.39, 0.29) is 18.7 Å². The molecule has 4 fully saturated rings. The van der Waals surface area contributed by atoms with Crippen LogP contribution in [-0.4, -0.2) is 101 Å². The average molecular weight is 552 g/mol. The molecule has 4 saturated heterocycles. The van der Waals surface area contributed by atoms with Gasteiger partial charge in [-0.1, -0.05) is 0 Å². The first-order valence-electron chi connectivity index (χ1n) is 14.5. The van der Waals surface area contributed by atoms with Gasteiger partial charge in [-0.15, -0.1) is 0 Å². The van der Waals surface area contributed by atoms with Crippen molar-refractivity contribution in [2.45, 2.75) is 57.4 Å². The van der Waals surface area contributed by atoms with E-state index in [0.29, 0.717) is 35.5 Å². The number of imide groups is 2. The van der Waals surface area contributed by atoms with Crippen LogP contribution in [-0.2, 0) is 9.59 Å². The third-order valence-corrected chi connectivity index (χ3v) is 9.93. The highest BCUT2D eigenvalue weighted by molar-refractivity contribution is 6.23. The molecule has 40 heavy (non-hydrogen) atoms. The molecule has 1 aromatic rings. The molecule has 0 saturated carbocycles. The van der Waals surface area contributed by atoms with Gasteiger partial charge in [0.1, 0.15) is 6.04 Å². The van der Waals surface area contributed by atoms with Gasteiger partial charge in [-0.25, -0.2) is 4.79 Å². The minimum absolute atomic E-state index is 0.106. The predicted molar refractivity (Wildman–Crippen MR) is 145 cm³/mol. The Morgan fingerprint density at radius 2 is 1.52 bits per heavy atom. The number of likely N-dealkylation sites (tertiary alicyclic amines) is 2. The van der Waals surface area contributed by atoms with Crippen LogP contribution in [0.1, 0.15) is 72.1 Å². The Balaban J connectivity index is 1.03. The summed E-state index contributed by atoms with van der Waals surface area (Å²) in [6.07, 6.45) is 5.87. The molecule has 0 aromatic heterocycles. The number of benzene rings is 1. The number of hydrogen-bond acceptors (Lipinski definition) is 7. The predicted octanol–water partition coefficient (Wildman–Crippen LogP) is 2.16. The Hall–Kier alpha value is -3.47. The van der Waals surface area contributed by atoms with Crippen LogP contribution in [0.2, 0.25) is 0 Å². The van der Waals surface area contributed by atoms with Gasteiger partial charge in [0.15, 0.2) is 0 Å². The molecule has 0 radical (unpaired) electrons. The Morgan fingerprint density at radius 1 is 0.875 bits per heavy atom. The number of amides is 5. The summed E-state index contributed by atoms with van der Waals surface area (Å²) in [7, 11) is 0. The molecule has 11 nitrogen and oxygen atoms in total. The van der Waals surface area contributed by atoms with Gasteiger partial charge in [-0.2, -0.15) is 0 Å². The van der Waals surface area contributed by atoms with Crippen LogP contribution in [0, 0.1) is 11.3 Å². The number of carbonyl (C=O) groups is 5. The van der Waals surface area contributed by atoms with Gasteiger partial charge in [0, 0.05) is 44.8 Å². The van der Waals surface area contributed by atoms with E-state index >= 15 is 0 Å². The molecule has 1 aromatic carbocycles. The first kappa shape index (κ1) is 26.7. The number of anilines is 1. The normalized spacial score (nSPS) is 25.9. The molecule has 214 valence electrons. The number of nitrogens with zero attached hydrogens (tertiary/aromatic N) is 4. The van der Waals surface area contributed by atoms with Crippen molar-refractivity contribution >= 4 is 35.4 Å². The van der Waals surface area contributed by atoms with Crippen molar-refractivity contribution in [3.05, 3.63) is 29.3 Å². The van der Waals surface area contributed by atoms with Crippen molar-refractivity contribution in [2.24, 2.45) is 11.3 Å². The SMILES string of the molecule is O=C1CCC(N2C(=O)c3ccc(N4CCC5(CCN(CC6CCN(C(=O)O)CC6)CC5)CC4)cc3C2=O)C(=O)N1. The summed E-state index contributed by atoms with van der Waals surface area (Å²) in [6.45, 7) is 6.32. The van der Waals surface area contributed by atoms with E-state index in [1.165, 1.54) is 17.7 Å². The van der Waals surface area contributed by atoms with Crippen molar-refractivity contribution in [3.63, 3.8) is 0 Å². The molecule has 5 heterocycles. The van der Waals surface area contributed by atoms with Crippen molar-refractivity contribution < 1.29 is 29.1 Å². The van der Waals surface area contributed by atoms with Gasteiger partial charge >= 0.3 is 6.09 Å². The molecule has 5 aliphatic rings. The summed E-state index contributed by atoms with van der Waals surface area (Å²) in [4.78, 5) is 68.7. The van der Waals surface area contributed by atoms with Gasteiger partial charge in [0.2, 0.25) is 11.8 Å². The Kier molecular flexibility index (Phi) is 7.02. The van der Waals surface area contributed by atoms with E-state index in [4.69, 9.17) is 0 Å². The van der Waals surface area contributed by atoms with Crippen LogP contribution in [0.3, 0.4) is 0 Å². The van der Waals surface area contributed by atoms with Crippen molar-refractivity contribution in [1.29, 1.82) is 0 Å². The summed E-state index contributed by atoms with van der Waals surface area (Å²) in [5.74, 6) is -1.34. The minimum Gasteiger partial charge on any atom is -0.465 e. The molecule has 0 bridgehead atoms. The van der Waals surface area contributed by atoms with Crippen molar-refractivity contribution in [2.75, 3.05) is 50.7 Å². The molecule has 1 atom stereocenters. The smallest absolute Gasteiger partial charge is 0.407 e. The Morgan fingerprint density at radius 3 is 2.17 bits per heavy atom. The summed E-state index contributed by atoms with van der Waals surface area (Å²) in [6, 6.07) is 4.43. The maximum atomic E-state index is 13.2. The molecule has 2 N–H and O–H groups in total. The van der Waals surface area contributed by atoms with Crippen LogP contribution in [0.5, 0.6) is 0 Å². The molecule has 1 spiro atoms. The average Bonchev–Trinajstić information content (AvgIpc) is 3.20. The fourth-order valence-corrected chi connectivity index (χ4v) is 7.28. The van der Waals surface area contributed by atoms with Gasteiger partial charge in [-0.3, -0.25) is 29.4 Å². The first-order valence-corrected chi connectivity index (χ1v) is 14.5. The second-order valence-electron chi connectivity index (χ2n) is 12.2. The molecule has 5 amide bonds. The summed E-state index contributed by atoms with van der Waals surface area (Å²) in [5, 5.41) is 11.4. The number of rotatable bonds is 4. The Labute approximate surface area is 233 Å². The zero-order chi connectivity index (χ0) is 28.0. The fraction of sp³-hybridized carbons (Fsp3) is 0.621. The lowest BCUT2D eigenvalue weighted by atomic mass is 9.71. The van der Waals surface area contributed by atoms with Gasteiger partial charge in [-0.05, 0) is 87.6 Å². The number of nitrogens with one attached hydrogen (secondary N) is 1. The number of carbonyl (C=O) groups excluding carboxylic acids is 4. The molecular weight excluding hydrogens is 514 g/mol. The van der Waals surface area contributed by atoms with Crippen molar-refractivity contribution in [3.8, 4) is 0 Å². The lowest BCUT2D eigenvalue weighted by Gasteiger charge is -2.48. The number of carboxylic acid groups (broad SMARTS) is 1. The van der Waals surface area contributed by atoms with E-state index in [1.807, 2.05) is 6.07 Å². The molecular formula is C29H37N5O6.